The molecule has 0 saturated carbocycles. The molecule has 0 atom stereocenters. The molecule has 4 nitrogen and oxygen atoms in total. The van der Waals surface area contributed by atoms with E-state index in [0.29, 0.717) is 13.2 Å². The van der Waals surface area contributed by atoms with Gasteiger partial charge in [0.15, 0.2) is 0 Å². The summed E-state index contributed by atoms with van der Waals surface area (Å²) in [6.45, 7) is 6.18. The first-order chi connectivity index (χ1) is 8.87. The van der Waals surface area contributed by atoms with Gasteiger partial charge >= 0.3 is 5.97 Å². The average molecular weight is 378 g/mol. The van der Waals surface area contributed by atoms with Crippen LogP contribution in [-0.4, -0.2) is 31.4 Å². The molecule has 0 N–H and O–H groups in total. The van der Waals surface area contributed by atoms with Crippen LogP contribution in [-0.2, 0) is 14.3 Å². The maximum Gasteiger partial charge on any atom is 0.332 e. The molecule has 5 heteroatoms. The van der Waals surface area contributed by atoms with Crippen molar-refractivity contribution in [3.63, 3.8) is 0 Å². The van der Waals surface area contributed by atoms with Gasteiger partial charge in [0, 0.05) is 3.57 Å². The highest BCUT2D eigenvalue weighted by molar-refractivity contribution is 14.1. The van der Waals surface area contributed by atoms with E-state index in [1.54, 1.807) is 0 Å². The second-order valence-corrected chi connectivity index (χ2v) is 6.19. The molecule has 0 aromatic heterocycles. The minimum absolute atomic E-state index is 0.0483. The van der Waals surface area contributed by atoms with Crippen molar-refractivity contribution in [2.24, 2.45) is 0 Å². The van der Waals surface area contributed by atoms with E-state index in [1.807, 2.05) is 45.0 Å². The first kappa shape index (κ1) is 16.2. The maximum absolute atomic E-state index is 11.3. The topological polar surface area (TPSA) is 44.8 Å². The second kappa shape index (κ2) is 7.69. The molecule has 0 aliphatic rings. The van der Waals surface area contributed by atoms with E-state index in [1.165, 1.54) is 0 Å². The molecule has 0 fully saturated rings. The SMILES string of the molecule is CC(C)(C)OC(=O)COCCOc1ccc(I)cc1. The van der Waals surface area contributed by atoms with Crippen LogP contribution in [0.5, 0.6) is 5.75 Å². The number of benzene rings is 1. The van der Waals surface area contributed by atoms with E-state index in [0.717, 1.165) is 9.32 Å². The fourth-order valence-electron chi connectivity index (χ4n) is 1.28. The summed E-state index contributed by atoms with van der Waals surface area (Å²) in [6, 6.07) is 7.74. The summed E-state index contributed by atoms with van der Waals surface area (Å²) in [6.07, 6.45) is 0. The Morgan fingerprint density at radius 3 is 2.37 bits per heavy atom. The molecule has 0 aliphatic carbocycles. The number of hydrogen-bond acceptors (Lipinski definition) is 4. The van der Waals surface area contributed by atoms with Gasteiger partial charge in [-0.1, -0.05) is 0 Å². The van der Waals surface area contributed by atoms with Crippen LogP contribution >= 0.6 is 22.6 Å². The van der Waals surface area contributed by atoms with Crippen LogP contribution < -0.4 is 4.74 Å². The Morgan fingerprint density at radius 1 is 1.16 bits per heavy atom. The quantitative estimate of drug-likeness (QED) is 0.434. The van der Waals surface area contributed by atoms with Crippen LogP contribution in [0.2, 0.25) is 0 Å². The van der Waals surface area contributed by atoms with Crippen LogP contribution in [0.15, 0.2) is 24.3 Å². The van der Waals surface area contributed by atoms with Crippen molar-refractivity contribution in [1.82, 2.24) is 0 Å². The lowest BCUT2D eigenvalue weighted by Gasteiger charge is -2.19. The van der Waals surface area contributed by atoms with E-state index >= 15 is 0 Å². The van der Waals surface area contributed by atoms with Crippen molar-refractivity contribution in [1.29, 1.82) is 0 Å². The molecule has 1 rings (SSSR count). The minimum Gasteiger partial charge on any atom is -0.491 e. The first-order valence-corrected chi connectivity index (χ1v) is 7.13. The third-order valence-electron chi connectivity index (χ3n) is 1.95. The van der Waals surface area contributed by atoms with Crippen LogP contribution in [0.3, 0.4) is 0 Å². The highest BCUT2D eigenvalue weighted by Crippen LogP contribution is 2.13. The molecule has 0 aliphatic heterocycles. The standard InChI is InChI=1S/C14H19IO4/c1-14(2,3)19-13(16)10-17-8-9-18-12-6-4-11(15)5-7-12/h4-7H,8-10H2,1-3H3. The number of carbonyl (C=O) groups is 1. The first-order valence-electron chi connectivity index (χ1n) is 6.05. The summed E-state index contributed by atoms with van der Waals surface area (Å²) in [7, 11) is 0. The van der Waals surface area contributed by atoms with Crippen molar-refractivity contribution in [2.75, 3.05) is 19.8 Å². The van der Waals surface area contributed by atoms with E-state index in [-0.39, 0.29) is 12.6 Å². The maximum atomic E-state index is 11.3. The number of carbonyl (C=O) groups excluding carboxylic acids is 1. The molecule has 106 valence electrons. The van der Waals surface area contributed by atoms with Crippen LogP contribution in [0, 0.1) is 3.57 Å². The summed E-state index contributed by atoms with van der Waals surface area (Å²) in [5.41, 5.74) is -0.474. The number of rotatable bonds is 6. The van der Waals surface area contributed by atoms with Gasteiger partial charge in [-0.05, 0) is 67.6 Å². The van der Waals surface area contributed by atoms with Crippen LogP contribution in [0.4, 0.5) is 0 Å². The molecular formula is C14H19IO4. The van der Waals surface area contributed by atoms with Gasteiger partial charge in [-0.15, -0.1) is 0 Å². The smallest absolute Gasteiger partial charge is 0.332 e. The predicted octanol–water partition coefficient (Wildman–Crippen LogP) is 3.03. The lowest BCUT2D eigenvalue weighted by Crippen LogP contribution is -2.27. The van der Waals surface area contributed by atoms with E-state index in [4.69, 9.17) is 14.2 Å². The van der Waals surface area contributed by atoms with Crippen molar-refractivity contribution >= 4 is 28.6 Å². The summed E-state index contributed by atoms with van der Waals surface area (Å²) < 4.78 is 16.9. The van der Waals surface area contributed by atoms with Crippen molar-refractivity contribution in [3.05, 3.63) is 27.8 Å². The monoisotopic (exact) mass is 378 g/mol. The fourth-order valence-corrected chi connectivity index (χ4v) is 1.64. The highest BCUT2D eigenvalue weighted by Gasteiger charge is 2.15. The van der Waals surface area contributed by atoms with Gasteiger partial charge in [0.25, 0.3) is 0 Å². The Morgan fingerprint density at radius 2 is 1.79 bits per heavy atom. The van der Waals surface area contributed by atoms with Gasteiger partial charge in [-0.25, -0.2) is 4.79 Å². The van der Waals surface area contributed by atoms with E-state index in [9.17, 15) is 4.79 Å². The number of hydrogen-bond donors (Lipinski definition) is 0. The summed E-state index contributed by atoms with van der Waals surface area (Å²) in [5, 5.41) is 0. The highest BCUT2D eigenvalue weighted by atomic mass is 127. The van der Waals surface area contributed by atoms with Crippen molar-refractivity contribution in [2.45, 2.75) is 26.4 Å². The zero-order valence-corrected chi connectivity index (χ0v) is 13.6. The van der Waals surface area contributed by atoms with Gasteiger partial charge in [0.05, 0.1) is 6.61 Å². The Hall–Kier alpha value is -0.820. The Balaban J connectivity index is 2.11. The molecule has 0 radical (unpaired) electrons. The summed E-state index contributed by atoms with van der Waals surface area (Å²) in [4.78, 5) is 11.3. The molecule has 1 aromatic carbocycles. The third-order valence-corrected chi connectivity index (χ3v) is 2.67. The normalized spacial score (nSPS) is 11.2. The molecule has 0 unspecified atom stereocenters. The largest absolute Gasteiger partial charge is 0.491 e. The second-order valence-electron chi connectivity index (χ2n) is 4.94. The fraction of sp³-hybridized carbons (Fsp3) is 0.500. The van der Waals surface area contributed by atoms with Gasteiger partial charge < -0.3 is 14.2 Å². The lowest BCUT2D eigenvalue weighted by atomic mass is 10.2. The molecule has 0 amide bonds. The number of ether oxygens (including phenoxy) is 3. The summed E-state index contributed by atoms with van der Waals surface area (Å²) >= 11 is 2.23. The molecule has 1 aromatic rings. The Bertz CT molecular complexity index is 395. The average Bonchev–Trinajstić information content (AvgIpc) is 2.29. The van der Waals surface area contributed by atoms with E-state index in [2.05, 4.69) is 22.6 Å². The summed E-state index contributed by atoms with van der Waals surface area (Å²) in [5.74, 6) is 0.433. The zero-order chi connectivity index (χ0) is 14.3. The molecule has 0 saturated heterocycles. The van der Waals surface area contributed by atoms with Crippen molar-refractivity contribution < 1.29 is 19.0 Å². The Kier molecular flexibility index (Phi) is 6.57. The third kappa shape index (κ3) is 8.05. The molecular weight excluding hydrogens is 359 g/mol. The van der Waals surface area contributed by atoms with Gasteiger partial charge in [0.2, 0.25) is 0 Å². The van der Waals surface area contributed by atoms with Crippen LogP contribution in [0.1, 0.15) is 20.8 Å². The van der Waals surface area contributed by atoms with Gasteiger partial charge in [-0.3, -0.25) is 0 Å². The lowest BCUT2D eigenvalue weighted by molar-refractivity contribution is -0.160. The Labute approximate surface area is 127 Å². The predicted molar refractivity (Wildman–Crippen MR) is 81.3 cm³/mol. The number of halogens is 1. The number of esters is 1. The molecule has 19 heavy (non-hydrogen) atoms. The van der Waals surface area contributed by atoms with Crippen molar-refractivity contribution in [3.8, 4) is 5.75 Å². The minimum atomic E-state index is -0.474. The molecule has 0 bridgehead atoms. The zero-order valence-electron chi connectivity index (χ0n) is 11.4. The molecule has 0 spiro atoms. The van der Waals surface area contributed by atoms with Crippen LogP contribution in [0.25, 0.3) is 0 Å². The van der Waals surface area contributed by atoms with E-state index < -0.39 is 5.60 Å². The van der Waals surface area contributed by atoms with Gasteiger partial charge in [0.1, 0.15) is 24.6 Å². The van der Waals surface area contributed by atoms with Gasteiger partial charge in [-0.2, -0.15) is 0 Å². The molecule has 0 heterocycles.